The van der Waals surface area contributed by atoms with Crippen molar-refractivity contribution in [3.8, 4) is 0 Å². The summed E-state index contributed by atoms with van der Waals surface area (Å²) in [5.74, 6) is 3.06. The molecule has 3 nitrogen and oxygen atoms in total. The van der Waals surface area contributed by atoms with E-state index in [-0.39, 0.29) is 6.04 Å². The van der Waals surface area contributed by atoms with Crippen LogP contribution in [0.2, 0.25) is 0 Å². The minimum absolute atomic E-state index is 0.0552. The van der Waals surface area contributed by atoms with Crippen LogP contribution in [-0.2, 0) is 4.79 Å². The number of hydrogen-bond donors (Lipinski definition) is 1. The molecule has 1 N–H and O–H groups in total. The van der Waals surface area contributed by atoms with Crippen LogP contribution in [0.3, 0.4) is 0 Å². The van der Waals surface area contributed by atoms with E-state index in [4.69, 9.17) is 0 Å². The van der Waals surface area contributed by atoms with Crippen LogP contribution in [0.15, 0.2) is 0 Å². The number of carbonyl (C=O) groups excluding carboxylic acids is 1. The highest BCUT2D eigenvalue weighted by Crippen LogP contribution is 2.41. The van der Waals surface area contributed by atoms with Gasteiger partial charge in [-0.2, -0.15) is 0 Å². The summed E-state index contributed by atoms with van der Waals surface area (Å²) in [5, 5.41) is 3.66. The Hall–Kier alpha value is -0.570. The van der Waals surface area contributed by atoms with Crippen molar-refractivity contribution >= 4 is 5.91 Å². The summed E-state index contributed by atoms with van der Waals surface area (Å²) in [6.07, 6.45) is 6.93. The van der Waals surface area contributed by atoms with Crippen LogP contribution >= 0.6 is 0 Å². The maximum atomic E-state index is 12.6. The predicted molar refractivity (Wildman–Crippen MR) is 76.5 cm³/mol. The Bertz CT molecular complexity index is 349. The van der Waals surface area contributed by atoms with E-state index in [0.717, 1.165) is 18.4 Å². The fraction of sp³-hybridized carbons (Fsp3) is 0.938. The van der Waals surface area contributed by atoms with Gasteiger partial charge < -0.3 is 4.90 Å². The highest BCUT2D eigenvalue weighted by atomic mass is 16.2. The monoisotopic (exact) mass is 264 g/mol. The molecule has 19 heavy (non-hydrogen) atoms. The summed E-state index contributed by atoms with van der Waals surface area (Å²) in [6, 6.07) is 0.0552. The second-order valence-electron chi connectivity index (χ2n) is 7.34. The van der Waals surface area contributed by atoms with Crippen LogP contribution in [0.25, 0.3) is 0 Å². The first-order valence-electron chi connectivity index (χ1n) is 8.14. The molecular formula is C16H28N2O. The maximum Gasteiger partial charge on any atom is 0.241 e. The van der Waals surface area contributed by atoms with Crippen LogP contribution in [0.4, 0.5) is 0 Å². The van der Waals surface area contributed by atoms with Gasteiger partial charge in [-0.15, -0.1) is 0 Å². The summed E-state index contributed by atoms with van der Waals surface area (Å²) in [4.78, 5) is 14.9. The molecule has 3 aliphatic rings. The van der Waals surface area contributed by atoms with Crippen LogP contribution in [0.1, 0.15) is 52.9 Å². The lowest BCUT2D eigenvalue weighted by molar-refractivity contribution is -0.131. The summed E-state index contributed by atoms with van der Waals surface area (Å²) >= 11 is 0. The van der Waals surface area contributed by atoms with E-state index in [9.17, 15) is 4.79 Å². The third-order valence-electron chi connectivity index (χ3n) is 5.46. The predicted octanol–water partition coefficient (Wildman–Crippen LogP) is 2.62. The van der Waals surface area contributed by atoms with E-state index in [1.165, 1.54) is 32.1 Å². The molecule has 108 valence electrons. The van der Waals surface area contributed by atoms with Gasteiger partial charge in [-0.1, -0.05) is 33.6 Å². The molecule has 3 rings (SSSR count). The van der Waals surface area contributed by atoms with Crippen molar-refractivity contribution in [2.24, 2.45) is 23.7 Å². The van der Waals surface area contributed by atoms with Crippen LogP contribution in [-0.4, -0.2) is 29.6 Å². The highest BCUT2D eigenvalue weighted by molar-refractivity contribution is 5.84. The van der Waals surface area contributed by atoms with Crippen molar-refractivity contribution in [1.82, 2.24) is 10.2 Å². The third-order valence-corrected chi connectivity index (χ3v) is 5.46. The molecule has 0 aromatic rings. The van der Waals surface area contributed by atoms with Crippen molar-refractivity contribution in [3.63, 3.8) is 0 Å². The smallest absolute Gasteiger partial charge is 0.241 e. The molecule has 0 bridgehead atoms. The van der Waals surface area contributed by atoms with Gasteiger partial charge in [0.15, 0.2) is 0 Å². The second kappa shape index (κ2) is 5.08. The van der Waals surface area contributed by atoms with Crippen molar-refractivity contribution in [1.29, 1.82) is 0 Å². The normalized spacial score (nSPS) is 39.6. The molecule has 1 heterocycles. The first-order chi connectivity index (χ1) is 9.08. The molecule has 1 saturated heterocycles. The first-order valence-corrected chi connectivity index (χ1v) is 8.14. The topological polar surface area (TPSA) is 32.3 Å². The van der Waals surface area contributed by atoms with E-state index in [1.807, 2.05) is 0 Å². The van der Waals surface area contributed by atoms with E-state index < -0.39 is 0 Å². The average Bonchev–Trinajstić information content (AvgIpc) is 2.81. The Morgan fingerprint density at radius 2 is 1.95 bits per heavy atom. The molecule has 0 radical (unpaired) electrons. The van der Waals surface area contributed by atoms with Gasteiger partial charge in [-0.3, -0.25) is 10.1 Å². The van der Waals surface area contributed by atoms with E-state index >= 15 is 0 Å². The van der Waals surface area contributed by atoms with Gasteiger partial charge in [0.05, 0.1) is 12.2 Å². The fourth-order valence-electron chi connectivity index (χ4n) is 3.91. The largest absolute Gasteiger partial charge is 0.325 e. The number of nitrogens with one attached hydrogen (secondary N) is 1. The van der Waals surface area contributed by atoms with E-state index in [2.05, 4.69) is 31.0 Å². The second-order valence-corrected chi connectivity index (χ2v) is 7.34. The lowest BCUT2D eigenvalue weighted by atomic mass is 10.0. The Kier molecular flexibility index (Phi) is 3.59. The summed E-state index contributed by atoms with van der Waals surface area (Å²) in [5.41, 5.74) is 0. The highest BCUT2D eigenvalue weighted by Gasteiger charge is 2.47. The molecule has 2 aliphatic carbocycles. The molecule has 0 spiro atoms. The lowest BCUT2D eigenvalue weighted by Gasteiger charge is -2.29. The summed E-state index contributed by atoms with van der Waals surface area (Å²) in [7, 11) is 0. The van der Waals surface area contributed by atoms with Gasteiger partial charge in [0.2, 0.25) is 5.91 Å². The molecule has 3 fully saturated rings. The zero-order chi connectivity index (χ0) is 13.6. The maximum absolute atomic E-state index is 12.6. The van der Waals surface area contributed by atoms with Crippen molar-refractivity contribution in [2.45, 2.75) is 65.1 Å². The van der Waals surface area contributed by atoms with Gasteiger partial charge in [0.1, 0.15) is 0 Å². The van der Waals surface area contributed by atoms with Gasteiger partial charge in [-0.05, 0) is 42.9 Å². The Labute approximate surface area is 117 Å². The van der Waals surface area contributed by atoms with Crippen LogP contribution < -0.4 is 5.32 Å². The van der Waals surface area contributed by atoms with Gasteiger partial charge in [0, 0.05) is 6.54 Å². The summed E-state index contributed by atoms with van der Waals surface area (Å²) < 4.78 is 0. The number of carbonyl (C=O) groups is 1. The standard InChI is InChI=1S/C16H28N2O/c1-10(2)14-16(19)18(9-13-8-11(13)3)15(17-14)12-6-4-5-7-12/h10-15,17H,4-9H2,1-3H3. The molecule has 4 atom stereocenters. The van der Waals surface area contributed by atoms with Crippen molar-refractivity contribution in [3.05, 3.63) is 0 Å². The number of rotatable bonds is 4. The number of hydrogen-bond acceptors (Lipinski definition) is 2. The van der Waals surface area contributed by atoms with E-state index in [0.29, 0.717) is 23.9 Å². The van der Waals surface area contributed by atoms with Gasteiger partial charge in [-0.25, -0.2) is 0 Å². The fourth-order valence-corrected chi connectivity index (χ4v) is 3.91. The zero-order valence-corrected chi connectivity index (χ0v) is 12.6. The van der Waals surface area contributed by atoms with Crippen molar-refractivity contribution < 1.29 is 4.79 Å². The minimum atomic E-state index is 0.0552. The number of nitrogens with zero attached hydrogens (tertiary/aromatic N) is 1. The Balaban J connectivity index is 1.72. The minimum Gasteiger partial charge on any atom is -0.325 e. The lowest BCUT2D eigenvalue weighted by Crippen LogP contribution is -2.43. The molecule has 2 saturated carbocycles. The summed E-state index contributed by atoms with van der Waals surface area (Å²) in [6.45, 7) is 7.62. The first kappa shape index (κ1) is 13.4. The zero-order valence-electron chi connectivity index (χ0n) is 12.6. The SMILES string of the molecule is CC(C)C1NC(C2CCCC2)N(CC2CC2C)C1=O. The molecule has 1 aliphatic heterocycles. The number of amides is 1. The molecular weight excluding hydrogens is 236 g/mol. The molecule has 0 aromatic heterocycles. The molecule has 1 amide bonds. The molecule has 4 unspecified atom stereocenters. The van der Waals surface area contributed by atoms with Crippen LogP contribution in [0, 0.1) is 23.7 Å². The quantitative estimate of drug-likeness (QED) is 0.846. The van der Waals surface area contributed by atoms with Gasteiger partial charge >= 0.3 is 0 Å². The molecule has 0 aromatic carbocycles. The molecule has 3 heteroatoms. The van der Waals surface area contributed by atoms with Crippen LogP contribution in [0.5, 0.6) is 0 Å². The van der Waals surface area contributed by atoms with Crippen molar-refractivity contribution in [2.75, 3.05) is 6.54 Å². The third kappa shape index (κ3) is 2.54. The van der Waals surface area contributed by atoms with Gasteiger partial charge in [0.25, 0.3) is 0 Å². The Morgan fingerprint density at radius 3 is 2.47 bits per heavy atom. The Morgan fingerprint density at radius 1 is 1.32 bits per heavy atom. The average molecular weight is 264 g/mol. The van der Waals surface area contributed by atoms with E-state index in [1.54, 1.807) is 0 Å².